The third-order valence-electron chi connectivity index (χ3n) is 4.61. The van der Waals surface area contributed by atoms with Crippen LogP contribution in [0.25, 0.3) is 11.1 Å². The predicted octanol–water partition coefficient (Wildman–Crippen LogP) is 2.72. The lowest BCUT2D eigenvalue weighted by Crippen LogP contribution is -2.30. The second kappa shape index (κ2) is 4.71. The Balaban J connectivity index is 1.83. The van der Waals surface area contributed by atoms with Crippen LogP contribution < -0.4 is 0 Å². The Kier molecular flexibility index (Phi) is 2.82. The summed E-state index contributed by atoms with van der Waals surface area (Å²) in [6.45, 7) is 0.413. The Hall–Kier alpha value is -2.13. The molecular formula is C18H16O3. The molecular weight excluding hydrogens is 264 g/mol. The Morgan fingerprint density at radius 1 is 1.00 bits per heavy atom. The van der Waals surface area contributed by atoms with Gasteiger partial charge in [0.1, 0.15) is 0 Å². The summed E-state index contributed by atoms with van der Waals surface area (Å²) in [5.41, 5.74) is 4.52. The zero-order valence-electron chi connectivity index (χ0n) is 11.5. The molecule has 0 unspecified atom stereocenters. The number of rotatable bonds is 2. The molecule has 3 heteroatoms. The first-order chi connectivity index (χ1) is 10.3. The highest BCUT2D eigenvalue weighted by Gasteiger charge is 2.42. The SMILES string of the molecule is O=C1OCC[C@@H]1[C@H](O)C1c2ccccc2-c2ccccc21. The van der Waals surface area contributed by atoms with Gasteiger partial charge in [-0.05, 0) is 28.7 Å². The van der Waals surface area contributed by atoms with Gasteiger partial charge in [-0.1, -0.05) is 48.5 Å². The molecule has 106 valence electrons. The van der Waals surface area contributed by atoms with Crippen LogP contribution in [0.4, 0.5) is 0 Å². The van der Waals surface area contributed by atoms with Crippen LogP contribution in [-0.4, -0.2) is 23.8 Å². The van der Waals surface area contributed by atoms with Gasteiger partial charge in [0.15, 0.2) is 0 Å². The maximum atomic E-state index is 11.8. The maximum Gasteiger partial charge on any atom is 0.311 e. The van der Waals surface area contributed by atoms with Gasteiger partial charge < -0.3 is 9.84 Å². The molecule has 1 N–H and O–H groups in total. The van der Waals surface area contributed by atoms with E-state index >= 15 is 0 Å². The number of cyclic esters (lactones) is 1. The average Bonchev–Trinajstić information content (AvgIpc) is 3.08. The Morgan fingerprint density at radius 3 is 2.10 bits per heavy atom. The summed E-state index contributed by atoms with van der Waals surface area (Å²) < 4.78 is 5.02. The zero-order chi connectivity index (χ0) is 14.4. The van der Waals surface area contributed by atoms with Gasteiger partial charge in [0.05, 0.1) is 18.6 Å². The fourth-order valence-corrected chi connectivity index (χ4v) is 3.62. The standard InChI is InChI=1S/C18H16O3/c19-17(15-9-10-21-18(15)20)16-13-7-3-1-5-11(13)12-6-2-4-8-14(12)16/h1-8,15-17,19H,9-10H2/t15-,17+/m1/s1. The molecule has 0 radical (unpaired) electrons. The van der Waals surface area contributed by atoms with Crippen LogP contribution in [0.1, 0.15) is 23.5 Å². The van der Waals surface area contributed by atoms with Gasteiger partial charge in [0.25, 0.3) is 0 Å². The van der Waals surface area contributed by atoms with Crippen molar-refractivity contribution in [3.8, 4) is 11.1 Å². The van der Waals surface area contributed by atoms with E-state index in [1.807, 2.05) is 36.4 Å². The number of carbonyl (C=O) groups excluding carboxylic acids is 1. The monoisotopic (exact) mass is 280 g/mol. The lowest BCUT2D eigenvalue weighted by Gasteiger charge is -2.23. The Labute approximate surface area is 123 Å². The molecule has 0 aromatic heterocycles. The topological polar surface area (TPSA) is 46.5 Å². The van der Waals surface area contributed by atoms with E-state index in [1.165, 1.54) is 0 Å². The van der Waals surface area contributed by atoms with Gasteiger partial charge in [0.2, 0.25) is 0 Å². The number of aliphatic hydroxyl groups excluding tert-OH is 1. The number of esters is 1. The molecule has 1 aliphatic carbocycles. The van der Waals surface area contributed by atoms with Crippen molar-refractivity contribution < 1.29 is 14.6 Å². The normalized spacial score (nSPS) is 21.8. The lowest BCUT2D eigenvalue weighted by molar-refractivity contribution is -0.144. The van der Waals surface area contributed by atoms with Crippen LogP contribution in [0.15, 0.2) is 48.5 Å². The fourth-order valence-electron chi connectivity index (χ4n) is 3.62. The van der Waals surface area contributed by atoms with Gasteiger partial charge in [-0.15, -0.1) is 0 Å². The molecule has 1 fully saturated rings. The van der Waals surface area contributed by atoms with Crippen molar-refractivity contribution in [1.29, 1.82) is 0 Å². The van der Waals surface area contributed by atoms with Gasteiger partial charge in [0, 0.05) is 5.92 Å². The maximum absolute atomic E-state index is 11.8. The van der Waals surface area contributed by atoms with Crippen molar-refractivity contribution in [2.45, 2.75) is 18.4 Å². The molecule has 2 aliphatic rings. The van der Waals surface area contributed by atoms with Crippen molar-refractivity contribution in [2.24, 2.45) is 5.92 Å². The molecule has 0 amide bonds. The summed E-state index contributed by atoms with van der Waals surface area (Å²) in [5, 5.41) is 10.8. The molecule has 0 spiro atoms. The fraction of sp³-hybridized carbons (Fsp3) is 0.278. The van der Waals surface area contributed by atoms with Crippen LogP contribution >= 0.6 is 0 Å². The van der Waals surface area contributed by atoms with Crippen molar-refractivity contribution in [1.82, 2.24) is 0 Å². The summed E-state index contributed by atoms with van der Waals surface area (Å²) in [7, 11) is 0. The first kappa shape index (κ1) is 12.6. The smallest absolute Gasteiger partial charge is 0.311 e. The number of hydrogen-bond donors (Lipinski definition) is 1. The van der Waals surface area contributed by atoms with E-state index in [-0.39, 0.29) is 11.9 Å². The van der Waals surface area contributed by atoms with Crippen LogP contribution in [0.3, 0.4) is 0 Å². The molecule has 1 heterocycles. The van der Waals surface area contributed by atoms with Crippen LogP contribution in [-0.2, 0) is 9.53 Å². The molecule has 2 atom stereocenters. The number of fused-ring (bicyclic) bond motifs is 3. The van der Waals surface area contributed by atoms with E-state index in [1.54, 1.807) is 0 Å². The van der Waals surface area contributed by atoms with Crippen molar-refractivity contribution in [3.63, 3.8) is 0 Å². The van der Waals surface area contributed by atoms with Gasteiger partial charge >= 0.3 is 5.97 Å². The van der Waals surface area contributed by atoms with Gasteiger partial charge in [-0.3, -0.25) is 4.79 Å². The van der Waals surface area contributed by atoms with E-state index in [4.69, 9.17) is 4.74 Å². The average molecular weight is 280 g/mol. The first-order valence-electron chi connectivity index (χ1n) is 7.30. The Morgan fingerprint density at radius 2 is 1.57 bits per heavy atom. The van der Waals surface area contributed by atoms with E-state index in [2.05, 4.69) is 12.1 Å². The minimum Gasteiger partial charge on any atom is -0.465 e. The van der Waals surface area contributed by atoms with Gasteiger partial charge in [-0.25, -0.2) is 0 Å². The minimum atomic E-state index is -0.732. The highest BCUT2D eigenvalue weighted by Crippen LogP contribution is 2.48. The van der Waals surface area contributed by atoms with Crippen LogP contribution in [0.2, 0.25) is 0 Å². The van der Waals surface area contributed by atoms with E-state index in [9.17, 15) is 9.90 Å². The van der Waals surface area contributed by atoms with Crippen molar-refractivity contribution >= 4 is 5.97 Å². The molecule has 0 saturated carbocycles. The molecule has 1 saturated heterocycles. The number of hydrogen-bond acceptors (Lipinski definition) is 3. The number of ether oxygens (including phenoxy) is 1. The summed E-state index contributed by atoms with van der Waals surface area (Å²) in [6, 6.07) is 16.2. The Bertz CT molecular complexity index is 662. The first-order valence-corrected chi connectivity index (χ1v) is 7.30. The van der Waals surface area contributed by atoms with Crippen LogP contribution in [0.5, 0.6) is 0 Å². The quantitative estimate of drug-likeness (QED) is 0.860. The van der Waals surface area contributed by atoms with Crippen molar-refractivity contribution in [3.05, 3.63) is 59.7 Å². The minimum absolute atomic E-state index is 0.145. The molecule has 21 heavy (non-hydrogen) atoms. The molecule has 2 aromatic rings. The summed E-state index contributed by atoms with van der Waals surface area (Å²) >= 11 is 0. The largest absolute Gasteiger partial charge is 0.465 e. The number of benzene rings is 2. The van der Waals surface area contributed by atoms with Crippen molar-refractivity contribution in [2.75, 3.05) is 6.61 Å². The number of carbonyl (C=O) groups is 1. The highest BCUT2D eigenvalue weighted by molar-refractivity contribution is 5.80. The molecule has 2 aromatic carbocycles. The highest BCUT2D eigenvalue weighted by atomic mass is 16.5. The lowest BCUT2D eigenvalue weighted by atomic mass is 9.83. The van der Waals surface area contributed by atoms with E-state index < -0.39 is 12.0 Å². The third-order valence-corrected chi connectivity index (χ3v) is 4.61. The third kappa shape index (κ3) is 1.81. The molecule has 4 rings (SSSR count). The van der Waals surface area contributed by atoms with Crippen LogP contribution in [0, 0.1) is 5.92 Å². The summed E-state index contributed by atoms with van der Waals surface area (Å²) in [4.78, 5) is 11.8. The number of aliphatic hydroxyl groups is 1. The second-order valence-electron chi connectivity index (χ2n) is 5.71. The zero-order valence-corrected chi connectivity index (χ0v) is 11.5. The molecule has 1 aliphatic heterocycles. The van der Waals surface area contributed by atoms with E-state index in [0.717, 1.165) is 22.3 Å². The molecule has 0 bridgehead atoms. The predicted molar refractivity (Wildman–Crippen MR) is 78.8 cm³/mol. The van der Waals surface area contributed by atoms with E-state index in [0.29, 0.717) is 13.0 Å². The molecule has 3 nitrogen and oxygen atoms in total. The summed E-state index contributed by atoms with van der Waals surface area (Å²) in [6.07, 6.45) is -0.134. The second-order valence-corrected chi connectivity index (χ2v) is 5.71. The van der Waals surface area contributed by atoms with Gasteiger partial charge in [-0.2, -0.15) is 0 Å². The summed E-state index contributed by atoms with van der Waals surface area (Å²) in [5.74, 6) is -0.841.